The molecule has 2 N–H and O–H groups in total. The Hall–Kier alpha value is 0.210. The van der Waals surface area contributed by atoms with E-state index in [0.717, 1.165) is 6.42 Å². The summed E-state index contributed by atoms with van der Waals surface area (Å²) in [6, 6.07) is 0.489. The maximum absolute atomic E-state index is 9.19. The summed E-state index contributed by atoms with van der Waals surface area (Å²) >= 11 is 5.47. The van der Waals surface area contributed by atoms with Crippen molar-refractivity contribution in [3.8, 4) is 0 Å². The minimum atomic E-state index is -0.417. The van der Waals surface area contributed by atoms with Crippen LogP contribution >= 0.6 is 11.6 Å². The zero-order valence-corrected chi connectivity index (χ0v) is 8.93. The lowest BCUT2D eigenvalue weighted by atomic mass is 10.0. The van der Waals surface area contributed by atoms with E-state index in [1.807, 2.05) is 0 Å². The first-order valence-electron chi connectivity index (χ1n) is 4.59. The zero-order chi connectivity index (χ0) is 9.56. The van der Waals surface area contributed by atoms with E-state index in [-0.39, 0.29) is 0 Å². The van der Waals surface area contributed by atoms with E-state index in [2.05, 4.69) is 26.1 Å². The summed E-state index contributed by atoms with van der Waals surface area (Å²) in [6.07, 6.45) is 0.673. The molecule has 0 saturated carbocycles. The van der Waals surface area contributed by atoms with Gasteiger partial charge in [-0.05, 0) is 12.3 Å². The van der Waals surface area contributed by atoms with Crippen LogP contribution in [0, 0.1) is 5.92 Å². The molecular formula is C9H20ClNO. The van der Waals surface area contributed by atoms with Crippen LogP contribution in [0.15, 0.2) is 0 Å². The highest BCUT2D eigenvalue weighted by molar-refractivity contribution is 6.18. The topological polar surface area (TPSA) is 32.3 Å². The van der Waals surface area contributed by atoms with Gasteiger partial charge >= 0.3 is 0 Å². The second-order valence-electron chi connectivity index (χ2n) is 3.48. The quantitative estimate of drug-likeness (QED) is 0.629. The lowest BCUT2D eigenvalue weighted by molar-refractivity contribution is 0.183. The first kappa shape index (κ1) is 12.2. The van der Waals surface area contributed by atoms with Crippen molar-refractivity contribution in [3.05, 3.63) is 0 Å². The number of halogens is 1. The summed E-state index contributed by atoms with van der Waals surface area (Å²) in [7, 11) is 0. The highest BCUT2D eigenvalue weighted by atomic mass is 35.5. The smallest absolute Gasteiger partial charge is 0.0799 e. The number of rotatable bonds is 6. The molecule has 0 bridgehead atoms. The maximum Gasteiger partial charge on any atom is 0.0799 e. The molecule has 0 amide bonds. The molecular weight excluding hydrogens is 174 g/mol. The third-order valence-electron chi connectivity index (χ3n) is 2.04. The van der Waals surface area contributed by atoms with Gasteiger partial charge in [0.25, 0.3) is 0 Å². The number of nitrogens with one attached hydrogen (secondary N) is 1. The molecule has 0 fully saturated rings. The Morgan fingerprint density at radius 1 is 1.42 bits per heavy atom. The molecule has 0 saturated heterocycles. The van der Waals surface area contributed by atoms with Crippen molar-refractivity contribution < 1.29 is 5.11 Å². The van der Waals surface area contributed by atoms with E-state index < -0.39 is 6.10 Å². The number of alkyl halides is 1. The molecule has 2 nitrogen and oxygen atoms in total. The highest BCUT2D eigenvalue weighted by Gasteiger charge is 2.11. The van der Waals surface area contributed by atoms with E-state index >= 15 is 0 Å². The van der Waals surface area contributed by atoms with Gasteiger partial charge in [0.05, 0.1) is 6.10 Å². The molecule has 2 unspecified atom stereocenters. The Morgan fingerprint density at radius 2 is 2.00 bits per heavy atom. The maximum atomic E-state index is 9.19. The van der Waals surface area contributed by atoms with Crippen LogP contribution in [0.2, 0.25) is 0 Å². The number of hydrogen-bond acceptors (Lipinski definition) is 2. The van der Waals surface area contributed by atoms with Crippen LogP contribution in [-0.2, 0) is 0 Å². The van der Waals surface area contributed by atoms with Crippen LogP contribution in [0.4, 0.5) is 0 Å². The third-order valence-corrected chi connectivity index (χ3v) is 2.39. The number of aliphatic hydroxyl groups excluding tert-OH is 1. The Morgan fingerprint density at radius 3 is 2.33 bits per heavy atom. The first-order valence-corrected chi connectivity index (χ1v) is 5.12. The van der Waals surface area contributed by atoms with Gasteiger partial charge in [-0.1, -0.05) is 20.8 Å². The molecule has 0 rings (SSSR count). The van der Waals surface area contributed by atoms with Crippen LogP contribution < -0.4 is 5.32 Å². The Bertz CT molecular complexity index is 109. The van der Waals surface area contributed by atoms with Crippen molar-refractivity contribution >= 4 is 11.6 Å². The second-order valence-corrected chi connectivity index (χ2v) is 3.78. The van der Waals surface area contributed by atoms with Gasteiger partial charge in [-0.3, -0.25) is 0 Å². The van der Waals surface area contributed by atoms with Crippen molar-refractivity contribution in [2.24, 2.45) is 5.92 Å². The minimum absolute atomic E-state index is 0.307. The van der Waals surface area contributed by atoms with Gasteiger partial charge in [0.15, 0.2) is 0 Å². The van der Waals surface area contributed by atoms with Crippen LogP contribution in [0.3, 0.4) is 0 Å². The van der Waals surface area contributed by atoms with Gasteiger partial charge in [-0.15, -0.1) is 11.6 Å². The van der Waals surface area contributed by atoms with Gasteiger partial charge in [-0.25, -0.2) is 0 Å². The van der Waals surface area contributed by atoms with Crippen molar-refractivity contribution in [3.63, 3.8) is 0 Å². The van der Waals surface area contributed by atoms with Crippen LogP contribution in [0.1, 0.15) is 27.2 Å². The number of aliphatic hydroxyl groups is 1. The normalized spacial score (nSPS) is 16.5. The fourth-order valence-corrected chi connectivity index (χ4v) is 1.30. The summed E-state index contributed by atoms with van der Waals surface area (Å²) in [5.41, 5.74) is 0. The monoisotopic (exact) mass is 193 g/mol. The Labute approximate surface area is 80.3 Å². The van der Waals surface area contributed by atoms with Gasteiger partial charge < -0.3 is 10.4 Å². The Kier molecular flexibility index (Phi) is 6.81. The van der Waals surface area contributed by atoms with E-state index in [1.54, 1.807) is 0 Å². The average Bonchev–Trinajstić information content (AvgIpc) is 2.04. The lowest BCUT2D eigenvalue weighted by Gasteiger charge is -2.21. The van der Waals surface area contributed by atoms with Gasteiger partial charge in [0.1, 0.15) is 0 Å². The van der Waals surface area contributed by atoms with Crippen molar-refractivity contribution in [1.29, 1.82) is 0 Å². The van der Waals surface area contributed by atoms with Crippen molar-refractivity contribution in [2.45, 2.75) is 39.3 Å². The molecule has 0 aromatic heterocycles. The molecule has 74 valence electrons. The van der Waals surface area contributed by atoms with Crippen LogP contribution in [-0.4, -0.2) is 29.7 Å². The first-order chi connectivity index (χ1) is 5.61. The molecule has 0 aromatic carbocycles. The molecule has 0 aliphatic carbocycles. The van der Waals surface area contributed by atoms with Gasteiger partial charge in [0.2, 0.25) is 0 Å². The van der Waals surface area contributed by atoms with Crippen LogP contribution in [0.5, 0.6) is 0 Å². The standard InChI is InChI=1S/C9H20ClNO/c1-4-9(7(2)3)11-6-8(12)5-10/h7-9,11-12H,4-6H2,1-3H3. The summed E-state index contributed by atoms with van der Waals surface area (Å²) in [4.78, 5) is 0. The molecule has 3 heteroatoms. The average molecular weight is 194 g/mol. The van der Waals surface area contributed by atoms with Gasteiger partial charge in [0, 0.05) is 18.5 Å². The molecule has 12 heavy (non-hydrogen) atoms. The summed E-state index contributed by atoms with van der Waals surface area (Å²) in [5.74, 6) is 0.916. The van der Waals surface area contributed by atoms with Crippen molar-refractivity contribution in [1.82, 2.24) is 5.32 Å². The molecule has 0 aliphatic heterocycles. The fraction of sp³-hybridized carbons (Fsp3) is 1.00. The van der Waals surface area contributed by atoms with E-state index in [9.17, 15) is 5.11 Å². The second kappa shape index (κ2) is 6.70. The van der Waals surface area contributed by atoms with E-state index in [0.29, 0.717) is 24.4 Å². The van der Waals surface area contributed by atoms with Crippen LogP contribution in [0.25, 0.3) is 0 Å². The summed E-state index contributed by atoms with van der Waals surface area (Å²) in [6.45, 7) is 7.09. The third kappa shape index (κ3) is 4.96. The predicted octanol–water partition coefficient (Wildman–Crippen LogP) is 1.61. The molecule has 0 aromatic rings. The molecule has 2 atom stereocenters. The number of hydrogen-bond donors (Lipinski definition) is 2. The fourth-order valence-electron chi connectivity index (χ4n) is 1.19. The van der Waals surface area contributed by atoms with Crippen molar-refractivity contribution in [2.75, 3.05) is 12.4 Å². The SMILES string of the molecule is CCC(NCC(O)CCl)C(C)C. The summed E-state index contributed by atoms with van der Waals surface area (Å²) in [5, 5.41) is 12.5. The molecule has 0 aliphatic rings. The molecule has 0 spiro atoms. The lowest BCUT2D eigenvalue weighted by Crippen LogP contribution is -2.38. The van der Waals surface area contributed by atoms with Gasteiger partial charge in [-0.2, -0.15) is 0 Å². The minimum Gasteiger partial charge on any atom is -0.391 e. The predicted molar refractivity (Wildman–Crippen MR) is 53.6 cm³/mol. The zero-order valence-electron chi connectivity index (χ0n) is 8.18. The Balaban J connectivity index is 3.58. The highest BCUT2D eigenvalue weighted by Crippen LogP contribution is 2.04. The summed E-state index contributed by atoms with van der Waals surface area (Å²) < 4.78 is 0. The van der Waals surface area contributed by atoms with E-state index in [1.165, 1.54) is 0 Å². The van der Waals surface area contributed by atoms with E-state index in [4.69, 9.17) is 11.6 Å². The molecule has 0 radical (unpaired) electrons. The largest absolute Gasteiger partial charge is 0.391 e. The molecule has 0 heterocycles.